The molecule has 13 heavy (non-hydrogen) atoms. The Morgan fingerprint density at radius 3 is 2.31 bits per heavy atom. The van der Waals surface area contributed by atoms with Crippen LogP contribution < -0.4 is 0 Å². The van der Waals surface area contributed by atoms with E-state index in [2.05, 4.69) is 16.8 Å². The van der Waals surface area contributed by atoms with Gasteiger partial charge in [0.15, 0.2) is 5.01 Å². The number of rotatable bonds is 0. The molecule has 2 heteroatoms. The smallest absolute Gasteiger partial charge is 0.166 e. The number of hydrogen-bond acceptors (Lipinski definition) is 2. The first-order valence-electron chi connectivity index (χ1n) is 4.82. The number of hydrogen-bond donors (Lipinski definition) is 0. The molecule has 0 saturated heterocycles. The van der Waals surface area contributed by atoms with Crippen LogP contribution in [0.15, 0.2) is 11.6 Å². The van der Waals surface area contributed by atoms with E-state index in [9.17, 15) is 0 Å². The van der Waals surface area contributed by atoms with Crippen LogP contribution in [-0.2, 0) is 0 Å². The van der Waals surface area contributed by atoms with E-state index < -0.39 is 0 Å². The number of aromatic nitrogens is 1. The van der Waals surface area contributed by atoms with E-state index in [1.807, 2.05) is 40.0 Å². The third-order valence-electron chi connectivity index (χ3n) is 0.804. The van der Waals surface area contributed by atoms with Crippen LogP contribution in [0.5, 0.6) is 0 Å². The third kappa shape index (κ3) is 9.10. The lowest BCUT2D eigenvalue weighted by atomic mass is 10.5. The number of thiazole rings is 1. The Hall–Kier alpha value is -0.810. The summed E-state index contributed by atoms with van der Waals surface area (Å²) >= 11 is 1.58. The Morgan fingerprint density at radius 1 is 1.31 bits per heavy atom. The average molecular weight is 197 g/mol. The molecule has 0 atom stereocenters. The molecule has 0 N–H and O–H groups in total. The molecular weight excluding hydrogens is 178 g/mol. The number of nitrogens with zero attached hydrogens (tertiary/aromatic N) is 1. The van der Waals surface area contributed by atoms with Gasteiger partial charge in [0.1, 0.15) is 0 Å². The summed E-state index contributed by atoms with van der Waals surface area (Å²) in [5.41, 5.74) is 0. The Bertz CT molecular complexity index is 216. The maximum absolute atomic E-state index is 4.00. The molecule has 0 unspecified atom stereocenters. The summed E-state index contributed by atoms with van der Waals surface area (Å²) in [6.07, 6.45) is 2.67. The summed E-state index contributed by atoms with van der Waals surface area (Å²) in [5.74, 6) is 5.88. The van der Waals surface area contributed by atoms with Gasteiger partial charge >= 0.3 is 0 Å². The van der Waals surface area contributed by atoms with Gasteiger partial charge in [-0.15, -0.1) is 11.3 Å². The zero-order valence-electron chi connectivity index (χ0n) is 9.22. The van der Waals surface area contributed by atoms with E-state index in [-0.39, 0.29) is 0 Å². The van der Waals surface area contributed by atoms with Gasteiger partial charge in [-0.2, -0.15) is 0 Å². The van der Waals surface area contributed by atoms with E-state index in [1.165, 1.54) is 0 Å². The summed E-state index contributed by atoms with van der Waals surface area (Å²) in [7, 11) is 0. The SMILES string of the molecule is CC.CC.CCC#Cc1nccs1. The molecule has 1 aromatic heterocycles. The van der Waals surface area contributed by atoms with E-state index in [4.69, 9.17) is 0 Å². The van der Waals surface area contributed by atoms with Gasteiger partial charge in [-0.1, -0.05) is 40.5 Å². The lowest BCUT2D eigenvalue weighted by Crippen LogP contribution is -1.65. The van der Waals surface area contributed by atoms with Gasteiger partial charge in [-0.25, -0.2) is 4.98 Å². The monoisotopic (exact) mass is 197 g/mol. The van der Waals surface area contributed by atoms with Gasteiger partial charge in [0.2, 0.25) is 0 Å². The molecule has 0 radical (unpaired) electrons. The van der Waals surface area contributed by atoms with E-state index >= 15 is 0 Å². The second-order valence-corrected chi connectivity index (χ2v) is 2.39. The first kappa shape index (κ1) is 14.7. The molecule has 0 saturated carbocycles. The van der Waals surface area contributed by atoms with E-state index in [1.54, 1.807) is 17.5 Å². The van der Waals surface area contributed by atoms with Gasteiger partial charge in [-0.05, 0) is 5.92 Å². The lowest BCUT2D eigenvalue weighted by Gasteiger charge is -1.71. The van der Waals surface area contributed by atoms with Crippen LogP contribution in [0.25, 0.3) is 0 Å². The summed E-state index contributed by atoms with van der Waals surface area (Å²) < 4.78 is 0. The second-order valence-electron chi connectivity index (χ2n) is 1.49. The molecule has 1 rings (SSSR count). The fourth-order valence-corrected chi connectivity index (χ4v) is 0.953. The third-order valence-corrected chi connectivity index (χ3v) is 1.49. The van der Waals surface area contributed by atoms with Crippen LogP contribution in [0.3, 0.4) is 0 Å². The average Bonchev–Trinajstić information content (AvgIpc) is 2.73. The summed E-state index contributed by atoms with van der Waals surface area (Å²) in [4.78, 5) is 4.00. The molecule has 0 aromatic carbocycles. The highest BCUT2D eigenvalue weighted by Crippen LogP contribution is 2.00. The largest absolute Gasteiger partial charge is 0.236 e. The summed E-state index contributed by atoms with van der Waals surface area (Å²) in [6, 6.07) is 0. The molecule has 0 bridgehead atoms. The zero-order chi connectivity index (χ0) is 10.5. The van der Waals surface area contributed by atoms with Crippen LogP contribution in [-0.4, -0.2) is 4.98 Å². The lowest BCUT2D eigenvalue weighted by molar-refractivity contribution is 1.27. The first-order chi connectivity index (χ1) is 6.43. The molecule has 74 valence electrons. The van der Waals surface area contributed by atoms with Gasteiger partial charge in [-0.3, -0.25) is 0 Å². The molecule has 0 spiro atoms. The van der Waals surface area contributed by atoms with Crippen LogP contribution in [0, 0.1) is 11.8 Å². The molecule has 0 aliphatic rings. The van der Waals surface area contributed by atoms with Crippen molar-refractivity contribution >= 4 is 11.3 Å². The standard InChI is InChI=1S/C7H7NS.2C2H6/c1-2-3-4-7-8-5-6-9-7;2*1-2/h5-6H,2H2,1H3;2*1-2H3. The van der Waals surface area contributed by atoms with Gasteiger partial charge in [0, 0.05) is 18.0 Å². The van der Waals surface area contributed by atoms with Crippen molar-refractivity contribution in [3.8, 4) is 11.8 Å². The fourth-order valence-electron chi connectivity index (χ4n) is 0.449. The summed E-state index contributed by atoms with van der Waals surface area (Å²) in [6.45, 7) is 10.0. The normalized spacial score (nSPS) is 6.54. The van der Waals surface area contributed by atoms with Crippen molar-refractivity contribution in [1.82, 2.24) is 4.98 Å². The highest BCUT2D eigenvalue weighted by atomic mass is 32.1. The van der Waals surface area contributed by atoms with Gasteiger partial charge in [0.05, 0.1) is 0 Å². The topological polar surface area (TPSA) is 12.9 Å². The molecule has 0 aliphatic carbocycles. The van der Waals surface area contributed by atoms with Crippen LogP contribution in [0.2, 0.25) is 0 Å². The maximum Gasteiger partial charge on any atom is 0.166 e. The Labute approximate surface area is 86.2 Å². The van der Waals surface area contributed by atoms with Crippen molar-refractivity contribution in [2.24, 2.45) is 0 Å². The molecule has 0 aliphatic heterocycles. The quantitative estimate of drug-likeness (QED) is 0.574. The zero-order valence-corrected chi connectivity index (χ0v) is 10.0. The van der Waals surface area contributed by atoms with Crippen molar-refractivity contribution < 1.29 is 0 Å². The van der Waals surface area contributed by atoms with Crippen molar-refractivity contribution in [3.63, 3.8) is 0 Å². The summed E-state index contributed by atoms with van der Waals surface area (Å²) in [5, 5.41) is 2.84. The minimum absolute atomic E-state index is 0.902. The van der Waals surface area contributed by atoms with Crippen molar-refractivity contribution in [2.45, 2.75) is 41.0 Å². The van der Waals surface area contributed by atoms with Crippen molar-refractivity contribution in [3.05, 3.63) is 16.6 Å². The van der Waals surface area contributed by atoms with E-state index in [0.29, 0.717) is 0 Å². The fraction of sp³-hybridized carbons (Fsp3) is 0.545. The molecule has 1 heterocycles. The predicted octanol–water partition coefficient (Wildman–Crippen LogP) is 3.96. The van der Waals surface area contributed by atoms with E-state index in [0.717, 1.165) is 11.4 Å². The van der Waals surface area contributed by atoms with Gasteiger partial charge < -0.3 is 0 Å². The van der Waals surface area contributed by atoms with Crippen molar-refractivity contribution in [2.75, 3.05) is 0 Å². The second kappa shape index (κ2) is 13.8. The van der Waals surface area contributed by atoms with Crippen molar-refractivity contribution in [1.29, 1.82) is 0 Å². The Kier molecular flexibility index (Phi) is 15.6. The molecule has 1 nitrogen and oxygen atoms in total. The molecule has 1 aromatic rings. The molecule has 0 amide bonds. The first-order valence-corrected chi connectivity index (χ1v) is 5.70. The highest BCUT2D eigenvalue weighted by molar-refractivity contribution is 7.10. The van der Waals surface area contributed by atoms with Crippen LogP contribution in [0.1, 0.15) is 46.0 Å². The Balaban J connectivity index is 0. The van der Waals surface area contributed by atoms with Gasteiger partial charge in [0.25, 0.3) is 0 Å². The van der Waals surface area contributed by atoms with Crippen LogP contribution in [0.4, 0.5) is 0 Å². The minimum Gasteiger partial charge on any atom is -0.236 e. The molecular formula is C11H19NS. The Morgan fingerprint density at radius 2 is 1.92 bits per heavy atom. The minimum atomic E-state index is 0.902. The highest BCUT2D eigenvalue weighted by Gasteiger charge is 1.83. The molecule has 0 fully saturated rings. The predicted molar refractivity (Wildman–Crippen MR) is 62.0 cm³/mol. The van der Waals surface area contributed by atoms with Crippen LogP contribution >= 0.6 is 11.3 Å². The maximum atomic E-state index is 4.00.